The molecule has 0 aliphatic carbocycles. The van der Waals surface area contributed by atoms with Crippen LogP contribution in [-0.4, -0.2) is 0 Å². The van der Waals surface area contributed by atoms with Crippen molar-refractivity contribution in [2.24, 2.45) is 0 Å². The van der Waals surface area contributed by atoms with Crippen LogP contribution < -0.4 is 0 Å². The third-order valence-electron chi connectivity index (χ3n) is 1.55. The van der Waals surface area contributed by atoms with Gasteiger partial charge in [0, 0.05) is 0 Å². The Balaban J connectivity index is 0.000000184. The summed E-state index contributed by atoms with van der Waals surface area (Å²) in [6.07, 6.45) is 0. The number of rotatable bonds is 0. The largest absolute Gasteiger partial charge is 0.168 e. The van der Waals surface area contributed by atoms with Crippen molar-refractivity contribution in [1.82, 2.24) is 0 Å². The van der Waals surface area contributed by atoms with Crippen LogP contribution in [-0.2, 0) is 18.2 Å². The molecule has 0 bridgehead atoms. The molecule has 0 heterocycles. The van der Waals surface area contributed by atoms with Crippen LogP contribution in [0, 0.1) is 0 Å². The topological polar surface area (TPSA) is 0 Å². The van der Waals surface area contributed by atoms with E-state index in [9.17, 15) is 0 Å². The van der Waals surface area contributed by atoms with Gasteiger partial charge in [0.25, 0.3) is 0 Å². The Morgan fingerprint density at radius 3 is 2.23 bits per heavy atom. The minimum Gasteiger partial charge on any atom is -0.168 e. The molecule has 0 aliphatic rings. The second-order valence-corrected chi connectivity index (χ2v) is 13.6. The van der Waals surface area contributed by atoms with Gasteiger partial charge in [0.05, 0.1) is 0 Å². The predicted molar refractivity (Wildman–Crippen MR) is 57.1 cm³/mol. The van der Waals surface area contributed by atoms with Crippen molar-refractivity contribution >= 4 is 36.3 Å². The summed E-state index contributed by atoms with van der Waals surface area (Å²) in [5.41, 5.74) is 0. The maximum atomic E-state index is 5.00. The number of fused-ring (bicyclic) bond motifs is 1. The molecule has 0 N–H and O–H groups in total. The Labute approximate surface area is 96.1 Å². The summed E-state index contributed by atoms with van der Waals surface area (Å²) in [4.78, 5) is 0. The first-order valence-corrected chi connectivity index (χ1v) is 13.1. The number of halogens is 3. The standard InChI is InChI=1S/C9H7.3ClH.Zr/c1-2-5-9-7-3-6-8(9)4-1;;;;/h1-7H;3*1H;/q-1;;;;+3/p-3. The third-order valence-corrected chi connectivity index (χ3v) is 1.55. The zero-order valence-corrected chi connectivity index (χ0v) is 11.4. The Hall–Kier alpha value is 0.583. The molecule has 0 saturated carbocycles. The van der Waals surface area contributed by atoms with Crippen LogP contribution in [0.2, 0.25) is 0 Å². The normalized spacial score (nSPS) is 9.15. The molecule has 2 rings (SSSR count). The van der Waals surface area contributed by atoms with Gasteiger partial charge in [0.1, 0.15) is 0 Å². The molecule has 0 aliphatic heterocycles. The van der Waals surface area contributed by atoms with Gasteiger partial charge < -0.3 is 0 Å². The smallest absolute Gasteiger partial charge is 0.0809 e. The van der Waals surface area contributed by atoms with E-state index in [0.29, 0.717) is 0 Å². The van der Waals surface area contributed by atoms with Crippen molar-refractivity contribution < 1.29 is 18.2 Å². The first-order valence-electron chi connectivity index (χ1n) is 3.64. The van der Waals surface area contributed by atoms with Gasteiger partial charge in [0.2, 0.25) is 0 Å². The molecule has 0 spiro atoms. The molecule has 0 unspecified atom stereocenters. The molecule has 0 amide bonds. The second kappa shape index (κ2) is 6.14. The minimum absolute atomic E-state index is 1.33. The van der Waals surface area contributed by atoms with E-state index >= 15 is 0 Å². The molecule has 2 aromatic rings. The van der Waals surface area contributed by atoms with Gasteiger partial charge >= 0.3 is 43.7 Å². The van der Waals surface area contributed by atoms with Crippen molar-refractivity contribution in [3.8, 4) is 0 Å². The Bertz CT molecular complexity index is 323. The summed E-state index contributed by atoms with van der Waals surface area (Å²) in [5, 5.41) is 2.66. The average molecular weight is 313 g/mol. The van der Waals surface area contributed by atoms with Gasteiger partial charge in [-0.2, -0.15) is 17.5 Å². The maximum absolute atomic E-state index is 5.00. The molecule has 2 aromatic carbocycles. The van der Waals surface area contributed by atoms with Crippen molar-refractivity contribution in [1.29, 1.82) is 0 Å². The van der Waals surface area contributed by atoms with Crippen molar-refractivity contribution in [2.75, 3.05) is 0 Å². The zero-order valence-electron chi connectivity index (χ0n) is 6.68. The van der Waals surface area contributed by atoms with E-state index in [1.807, 2.05) is 0 Å². The number of hydrogen-bond donors (Lipinski definition) is 0. The molecule has 4 heteroatoms. The predicted octanol–water partition coefficient (Wildman–Crippen LogP) is 4.62. The Kier molecular flexibility index (Phi) is 5.50. The van der Waals surface area contributed by atoms with Crippen molar-refractivity contribution in [2.45, 2.75) is 0 Å². The van der Waals surface area contributed by atoms with Gasteiger partial charge in [-0.05, 0) is 0 Å². The van der Waals surface area contributed by atoms with E-state index in [1.54, 1.807) is 0 Å². The van der Waals surface area contributed by atoms with E-state index in [1.165, 1.54) is 10.8 Å². The SMILES string of the molecule is [Cl][Zr]([Cl])[Cl].c1ccc2[cH-]ccc2c1. The summed E-state index contributed by atoms with van der Waals surface area (Å²) in [6.45, 7) is 0. The van der Waals surface area contributed by atoms with Crippen molar-refractivity contribution in [3.63, 3.8) is 0 Å². The van der Waals surface area contributed by atoms with Crippen LogP contribution in [0.5, 0.6) is 0 Å². The van der Waals surface area contributed by atoms with Crippen molar-refractivity contribution in [3.05, 3.63) is 42.5 Å². The van der Waals surface area contributed by atoms with Gasteiger partial charge in [-0.15, -0.1) is 29.7 Å². The van der Waals surface area contributed by atoms with Crippen LogP contribution in [0.4, 0.5) is 0 Å². The summed E-state index contributed by atoms with van der Waals surface area (Å²) >= 11 is -2.13. The zero-order chi connectivity index (χ0) is 9.68. The fraction of sp³-hybridized carbons (Fsp3) is 0. The molecule has 13 heavy (non-hydrogen) atoms. The number of benzene rings is 1. The van der Waals surface area contributed by atoms with Gasteiger partial charge in [0.15, 0.2) is 0 Å². The van der Waals surface area contributed by atoms with Crippen LogP contribution in [0.25, 0.3) is 10.8 Å². The first kappa shape index (κ1) is 11.7. The average Bonchev–Trinajstić information content (AvgIpc) is 2.49. The minimum atomic E-state index is -2.13. The summed E-state index contributed by atoms with van der Waals surface area (Å²) in [6, 6.07) is 14.7. The molecular formula is C9H7Cl3Zr-. The summed E-state index contributed by atoms with van der Waals surface area (Å²) in [5.74, 6) is 0. The monoisotopic (exact) mass is 310 g/mol. The Morgan fingerprint density at radius 1 is 1.00 bits per heavy atom. The van der Waals surface area contributed by atoms with Crippen LogP contribution >= 0.6 is 25.5 Å². The molecule has 0 saturated heterocycles. The molecule has 69 valence electrons. The van der Waals surface area contributed by atoms with Gasteiger partial charge in [-0.3, -0.25) is 0 Å². The molecule has 0 atom stereocenters. The van der Waals surface area contributed by atoms with E-state index in [0.717, 1.165) is 0 Å². The van der Waals surface area contributed by atoms with E-state index in [2.05, 4.69) is 42.5 Å². The van der Waals surface area contributed by atoms with E-state index in [4.69, 9.17) is 25.5 Å². The fourth-order valence-corrected chi connectivity index (χ4v) is 1.07. The molecule has 0 aromatic heterocycles. The maximum Gasteiger partial charge on any atom is -0.0809 e. The van der Waals surface area contributed by atoms with Crippen LogP contribution in [0.1, 0.15) is 0 Å². The quantitative estimate of drug-likeness (QED) is 0.622. The Morgan fingerprint density at radius 2 is 1.62 bits per heavy atom. The van der Waals surface area contributed by atoms with E-state index < -0.39 is 18.2 Å². The van der Waals surface area contributed by atoms with E-state index in [-0.39, 0.29) is 0 Å². The third kappa shape index (κ3) is 4.56. The van der Waals surface area contributed by atoms with Crippen LogP contribution in [0.15, 0.2) is 42.5 Å². The molecule has 0 fully saturated rings. The van der Waals surface area contributed by atoms with Gasteiger partial charge in [-0.25, -0.2) is 0 Å². The second-order valence-electron chi connectivity index (χ2n) is 2.37. The molecule has 0 radical (unpaired) electrons. The number of hydrogen-bond acceptors (Lipinski definition) is 0. The van der Waals surface area contributed by atoms with Gasteiger partial charge in [-0.1, -0.05) is 6.07 Å². The summed E-state index contributed by atoms with van der Waals surface area (Å²) < 4.78 is 0. The molecular weight excluding hydrogens is 306 g/mol. The summed E-state index contributed by atoms with van der Waals surface area (Å²) in [7, 11) is 15.0. The fourth-order valence-electron chi connectivity index (χ4n) is 1.07. The molecule has 0 nitrogen and oxygen atoms in total. The first-order chi connectivity index (χ1) is 6.20. The van der Waals surface area contributed by atoms with Crippen LogP contribution in [0.3, 0.4) is 0 Å².